The summed E-state index contributed by atoms with van der Waals surface area (Å²) in [5.74, 6) is 1.90. The van der Waals surface area contributed by atoms with Gasteiger partial charge in [0.15, 0.2) is 11.5 Å². The van der Waals surface area contributed by atoms with Crippen molar-refractivity contribution in [3.63, 3.8) is 0 Å². The minimum absolute atomic E-state index is 0.0448. The summed E-state index contributed by atoms with van der Waals surface area (Å²) in [5, 5.41) is 3.54. The van der Waals surface area contributed by atoms with E-state index in [4.69, 9.17) is 25.8 Å². The second-order valence-corrected chi connectivity index (χ2v) is 6.44. The standard InChI is InChI=1S/C19H18ClNO4/c1-2-23-16-4-3-11(20)7-14(16)12-9-19(22)21-15-10-18-17(8-13(12)15)24-5-6-25-18/h3-4,7-8,10,12H,2,5-6,9H2,1H3,(H,21,22)/t12-/m1/s1. The molecule has 1 atom stereocenters. The smallest absolute Gasteiger partial charge is 0.225 e. The van der Waals surface area contributed by atoms with Crippen molar-refractivity contribution in [3.05, 3.63) is 46.5 Å². The van der Waals surface area contributed by atoms with Gasteiger partial charge in [-0.3, -0.25) is 4.79 Å². The highest BCUT2D eigenvalue weighted by Gasteiger charge is 2.31. The van der Waals surface area contributed by atoms with E-state index < -0.39 is 0 Å². The normalized spacial score (nSPS) is 18.3. The van der Waals surface area contributed by atoms with E-state index in [9.17, 15) is 4.79 Å². The molecule has 25 heavy (non-hydrogen) atoms. The highest BCUT2D eigenvalue weighted by Crippen LogP contribution is 2.46. The van der Waals surface area contributed by atoms with Crippen molar-refractivity contribution in [2.75, 3.05) is 25.1 Å². The van der Waals surface area contributed by atoms with E-state index in [1.165, 1.54) is 0 Å². The van der Waals surface area contributed by atoms with Crippen molar-refractivity contribution >= 4 is 23.2 Å². The average Bonchev–Trinajstić information content (AvgIpc) is 2.61. The molecule has 0 saturated heterocycles. The van der Waals surface area contributed by atoms with Crippen LogP contribution in [0, 0.1) is 0 Å². The molecule has 0 unspecified atom stereocenters. The van der Waals surface area contributed by atoms with Gasteiger partial charge in [-0.05, 0) is 36.8 Å². The van der Waals surface area contributed by atoms with Gasteiger partial charge in [0.05, 0.1) is 6.61 Å². The van der Waals surface area contributed by atoms with Gasteiger partial charge in [-0.2, -0.15) is 0 Å². The maximum atomic E-state index is 12.3. The van der Waals surface area contributed by atoms with E-state index >= 15 is 0 Å². The van der Waals surface area contributed by atoms with E-state index in [0.717, 1.165) is 22.6 Å². The van der Waals surface area contributed by atoms with Crippen molar-refractivity contribution in [2.24, 2.45) is 0 Å². The summed E-state index contributed by atoms with van der Waals surface area (Å²) < 4.78 is 17.1. The van der Waals surface area contributed by atoms with Gasteiger partial charge in [0, 0.05) is 34.7 Å². The third kappa shape index (κ3) is 3.00. The van der Waals surface area contributed by atoms with Crippen LogP contribution in [0.3, 0.4) is 0 Å². The largest absolute Gasteiger partial charge is 0.494 e. The number of hydrogen-bond acceptors (Lipinski definition) is 4. The van der Waals surface area contributed by atoms with E-state index in [0.29, 0.717) is 42.8 Å². The molecule has 1 N–H and O–H groups in total. The zero-order valence-electron chi connectivity index (χ0n) is 13.8. The second-order valence-electron chi connectivity index (χ2n) is 6.00. The van der Waals surface area contributed by atoms with E-state index in [1.54, 1.807) is 6.07 Å². The van der Waals surface area contributed by atoms with Gasteiger partial charge in [0.1, 0.15) is 19.0 Å². The number of carbonyl (C=O) groups excluding carboxylic acids is 1. The molecule has 0 fully saturated rings. The van der Waals surface area contributed by atoms with Crippen LogP contribution in [0.4, 0.5) is 5.69 Å². The van der Waals surface area contributed by atoms with Crippen LogP contribution in [0.5, 0.6) is 17.2 Å². The van der Waals surface area contributed by atoms with Crippen molar-refractivity contribution in [3.8, 4) is 17.2 Å². The first kappa shape index (κ1) is 16.1. The Morgan fingerprint density at radius 1 is 1.16 bits per heavy atom. The molecule has 0 radical (unpaired) electrons. The number of amides is 1. The molecule has 2 aromatic rings. The number of ether oxygens (including phenoxy) is 3. The summed E-state index contributed by atoms with van der Waals surface area (Å²) in [6.07, 6.45) is 0.326. The monoisotopic (exact) mass is 359 g/mol. The third-order valence-corrected chi connectivity index (χ3v) is 4.64. The molecule has 5 nitrogen and oxygen atoms in total. The Bertz CT molecular complexity index is 836. The molecular formula is C19H18ClNO4. The zero-order valence-corrected chi connectivity index (χ0v) is 14.6. The van der Waals surface area contributed by atoms with Crippen LogP contribution in [0.2, 0.25) is 5.02 Å². The molecule has 2 aliphatic heterocycles. The lowest BCUT2D eigenvalue weighted by molar-refractivity contribution is -0.116. The SMILES string of the molecule is CCOc1ccc(Cl)cc1[C@@H]1CC(=O)Nc2cc3c(cc21)OCCO3. The number of benzene rings is 2. The van der Waals surface area contributed by atoms with Crippen LogP contribution in [0.15, 0.2) is 30.3 Å². The molecule has 4 rings (SSSR count). The molecule has 130 valence electrons. The molecule has 2 heterocycles. The summed E-state index contributed by atoms with van der Waals surface area (Å²) in [5.41, 5.74) is 2.63. The maximum Gasteiger partial charge on any atom is 0.225 e. The molecule has 2 aromatic carbocycles. The predicted octanol–water partition coefficient (Wildman–Crippen LogP) is 3.98. The molecular weight excluding hydrogens is 342 g/mol. The molecule has 0 bridgehead atoms. The minimum Gasteiger partial charge on any atom is -0.494 e. The topological polar surface area (TPSA) is 56.8 Å². The Balaban J connectivity index is 1.85. The van der Waals surface area contributed by atoms with Gasteiger partial charge in [0.2, 0.25) is 5.91 Å². The second kappa shape index (κ2) is 6.48. The molecule has 0 aliphatic carbocycles. The fourth-order valence-electron chi connectivity index (χ4n) is 3.35. The summed E-state index contributed by atoms with van der Waals surface area (Å²) >= 11 is 6.21. The Kier molecular flexibility index (Phi) is 4.17. The first-order valence-corrected chi connectivity index (χ1v) is 8.69. The van der Waals surface area contributed by atoms with Gasteiger partial charge in [-0.1, -0.05) is 11.6 Å². The molecule has 0 spiro atoms. The number of fused-ring (bicyclic) bond motifs is 2. The number of carbonyl (C=O) groups is 1. The summed E-state index contributed by atoms with van der Waals surface area (Å²) in [6, 6.07) is 9.30. The van der Waals surface area contributed by atoms with E-state index in [1.807, 2.05) is 31.2 Å². The van der Waals surface area contributed by atoms with Crippen LogP contribution in [0.25, 0.3) is 0 Å². The zero-order chi connectivity index (χ0) is 17.4. The lowest BCUT2D eigenvalue weighted by atomic mass is 9.84. The average molecular weight is 360 g/mol. The third-order valence-electron chi connectivity index (χ3n) is 4.40. The lowest BCUT2D eigenvalue weighted by Gasteiger charge is -2.29. The Morgan fingerprint density at radius 2 is 1.92 bits per heavy atom. The van der Waals surface area contributed by atoms with Gasteiger partial charge < -0.3 is 19.5 Å². The number of anilines is 1. The maximum absolute atomic E-state index is 12.3. The fraction of sp³-hybridized carbons (Fsp3) is 0.316. The highest BCUT2D eigenvalue weighted by atomic mass is 35.5. The van der Waals surface area contributed by atoms with E-state index in [2.05, 4.69) is 5.32 Å². The van der Waals surface area contributed by atoms with Crippen molar-refractivity contribution in [2.45, 2.75) is 19.3 Å². The summed E-state index contributed by atoms with van der Waals surface area (Å²) in [6.45, 7) is 3.50. The van der Waals surface area contributed by atoms with E-state index in [-0.39, 0.29) is 11.8 Å². The van der Waals surface area contributed by atoms with Gasteiger partial charge in [-0.25, -0.2) is 0 Å². The molecule has 0 aromatic heterocycles. The van der Waals surface area contributed by atoms with Crippen LogP contribution in [-0.4, -0.2) is 25.7 Å². The number of halogens is 1. The van der Waals surface area contributed by atoms with Crippen LogP contribution in [-0.2, 0) is 4.79 Å². The molecule has 2 aliphatic rings. The minimum atomic E-state index is -0.153. The Morgan fingerprint density at radius 3 is 2.68 bits per heavy atom. The predicted molar refractivity (Wildman–Crippen MR) is 95.1 cm³/mol. The first-order valence-electron chi connectivity index (χ1n) is 8.31. The van der Waals surface area contributed by atoms with Crippen molar-refractivity contribution in [1.82, 2.24) is 0 Å². The van der Waals surface area contributed by atoms with Gasteiger partial charge in [0.25, 0.3) is 0 Å². The summed E-state index contributed by atoms with van der Waals surface area (Å²) in [7, 11) is 0. The summed E-state index contributed by atoms with van der Waals surface area (Å²) in [4.78, 5) is 12.3. The number of hydrogen-bond donors (Lipinski definition) is 1. The van der Waals surface area contributed by atoms with Crippen LogP contribution in [0.1, 0.15) is 30.4 Å². The molecule has 1 amide bonds. The highest BCUT2D eigenvalue weighted by molar-refractivity contribution is 6.30. The number of nitrogens with one attached hydrogen (secondary N) is 1. The number of rotatable bonds is 3. The lowest BCUT2D eigenvalue weighted by Crippen LogP contribution is -2.25. The Labute approximate surface area is 150 Å². The van der Waals surface area contributed by atoms with Gasteiger partial charge in [-0.15, -0.1) is 0 Å². The molecule has 0 saturated carbocycles. The van der Waals surface area contributed by atoms with Gasteiger partial charge >= 0.3 is 0 Å². The first-order chi connectivity index (χ1) is 12.2. The fourth-order valence-corrected chi connectivity index (χ4v) is 3.53. The van der Waals surface area contributed by atoms with Crippen LogP contribution < -0.4 is 19.5 Å². The quantitative estimate of drug-likeness (QED) is 0.900. The van der Waals surface area contributed by atoms with Crippen molar-refractivity contribution < 1.29 is 19.0 Å². The van der Waals surface area contributed by atoms with Crippen molar-refractivity contribution in [1.29, 1.82) is 0 Å². The van der Waals surface area contributed by atoms with Crippen LogP contribution >= 0.6 is 11.6 Å². The Hall–Kier alpha value is -2.40. The molecule has 6 heteroatoms.